The van der Waals surface area contributed by atoms with E-state index >= 15 is 0 Å². The third kappa shape index (κ3) is 3.67. The summed E-state index contributed by atoms with van der Waals surface area (Å²) in [6.45, 7) is 1.89. The first-order valence-electron chi connectivity index (χ1n) is 9.22. The standard InChI is InChI=1S/C23H16ClNO4S/c1-2-29-23(28)17-13-18(20(26)15-6-4-3-5-7-15)25-21(27)19(30-22(17)25)12-14-8-10-16(24)11-9-14/h3-13H,2H2,1H3/b19-12+. The second kappa shape index (κ2) is 8.26. The minimum absolute atomic E-state index is 0.135. The molecule has 0 saturated heterocycles. The molecular weight excluding hydrogens is 422 g/mol. The fraction of sp³-hybridized carbons (Fsp3) is 0.0870. The zero-order valence-electron chi connectivity index (χ0n) is 15.9. The number of nitrogens with zero attached hydrogens (tertiary/aromatic N) is 1. The summed E-state index contributed by atoms with van der Waals surface area (Å²) < 4.78 is 6.83. The van der Waals surface area contributed by atoms with Crippen molar-refractivity contribution in [3.05, 3.63) is 103 Å². The molecule has 150 valence electrons. The molecule has 2 aromatic carbocycles. The van der Waals surface area contributed by atoms with Crippen molar-refractivity contribution in [3.8, 4) is 0 Å². The van der Waals surface area contributed by atoms with Crippen LogP contribution in [0.3, 0.4) is 0 Å². The molecule has 0 amide bonds. The number of fused-ring (bicyclic) bond motifs is 1. The molecule has 0 aliphatic rings. The number of carbonyl (C=O) groups is 2. The van der Waals surface area contributed by atoms with E-state index in [0.717, 1.165) is 16.9 Å². The zero-order valence-corrected chi connectivity index (χ0v) is 17.5. The Morgan fingerprint density at radius 3 is 2.47 bits per heavy atom. The molecule has 2 aromatic heterocycles. The van der Waals surface area contributed by atoms with Gasteiger partial charge in [0.05, 0.1) is 22.4 Å². The van der Waals surface area contributed by atoms with Crippen LogP contribution in [0.1, 0.15) is 38.9 Å². The van der Waals surface area contributed by atoms with Crippen molar-refractivity contribution >= 4 is 45.6 Å². The van der Waals surface area contributed by atoms with Crippen LogP contribution < -0.4 is 10.1 Å². The molecule has 0 unspecified atom stereocenters. The summed E-state index contributed by atoms with van der Waals surface area (Å²) in [5, 5.41) is 0.592. The van der Waals surface area contributed by atoms with Crippen LogP contribution in [-0.2, 0) is 4.74 Å². The minimum Gasteiger partial charge on any atom is -0.462 e. The van der Waals surface area contributed by atoms with Crippen molar-refractivity contribution in [2.45, 2.75) is 6.92 Å². The highest BCUT2D eigenvalue weighted by Crippen LogP contribution is 2.22. The summed E-state index contributed by atoms with van der Waals surface area (Å²) in [5.74, 6) is -0.907. The molecule has 30 heavy (non-hydrogen) atoms. The van der Waals surface area contributed by atoms with E-state index in [4.69, 9.17) is 16.3 Å². The Bertz CT molecular complexity index is 1350. The van der Waals surface area contributed by atoms with Gasteiger partial charge in [0.2, 0.25) is 5.78 Å². The number of aromatic nitrogens is 1. The van der Waals surface area contributed by atoms with E-state index in [2.05, 4.69) is 0 Å². The Morgan fingerprint density at radius 1 is 1.10 bits per heavy atom. The SMILES string of the molecule is CCOC(=O)c1cc(C(=O)c2ccccc2)n2c(=O)/c(=C\c3ccc(Cl)cc3)sc12. The van der Waals surface area contributed by atoms with E-state index in [1.165, 1.54) is 10.5 Å². The first-order chi connectivity index (χ1) is 14.5. The van der Waals surface area contributed by atoms with Gasteiger partial charge >= 0.3 is 5.97 Å². The van der Waals surface area contributed by atoms with Crippen molar-refractivity contribution in [1.82, 2.24) is 4.40 Å². The van der Waals surface area contributed by atoms with Crippen LogP contribution in [0, 0.1) is 0 Å². The second-order valence-corrected chi connectivity index (χ2v) is 7.93. The van der Waals surface area contributed by atoms with Crippen LogP contribution in [-0.4, -0.2) is 22.8 Å². The second-order valence-electron chi connectivity index (χ2n) is 6.47. The van der Waals surface area contributed by atoms with Crippen LogP contribution >= 0.6 is 22.9 Å². The van der Waals surface area contributed by atoms with Crippen molar-refractivity contribution in [2.24, 2.45) is 0 Å². The van der Waals surface area contributed by atoms with E-state index in [1.807, 2.05) is 0 Å². The van der Waals surface area contributed by atoms with Crippen molar-refractivity contribution in [1.29, 1.82) is 0 Å². The number of halogens is 1. The van der Waals surface area contributed by atoms with Crippen LogP contribution in [0.2, 0.25) is 5.02 Å². The molecule has 0 radical (unpaired) electrons. The van der Waals surface area contributed by atoms with E-state index in [-0.39, 0.29) is 29.2 Å². The average Bonchev–Trinajstić information content (AvgIpc) is 3.28. The fourth-order valence-electron chi connectivity index (χ4n) is 3.11. The number of ketones is 1. The Balaban J connectivity index is 1.95. The third-order valence-electron chi connectivity index (χ3n) is 4.51. The summed E-state index contributed by atoms with van der Waals surface area (Å²) in [7, 11) is 0. The van der Waals surface area contributed by atoms with Crippen LogP contribution in [0.4, 0.5) is 0 Å². The highest BCUT2D eigenvalue weighted by atomic mass is 35.5. The lowest BCUT2D eigenvalue weighted by Crippen LogP contribution is -2.25. The van der Waals surface area contributed by atoms with E-state index in [0.29, 0.717) is 19.9 Å². The first kappa shape index (κ1) is 20.1. The average molecular weight is 438 g/mol. The normalized spacial score (nSPS) is 11.7. The van der Waals surface area contributed by atoms with Gasteiger partial charge in [-0.1, -0.05) is 54.1 Å². The molecule has 4 rings (SSSR count). The summed E-state index contributed by atoms with van der Waals surface area (Å²) in [4.78, 5) is 39.1. The maximum Gasteiger partial charge on any atom is 0.341 e. The summed E-state index contributed by atoms with van der Waals surface area (Å²) in [6, 6.07) is 17.1. The molecule has 2 heterocycles. The Labute approximate surface area is 180 Å². The van der Waals surface area contributed by atoms with Gasteiger partial charge in [-0.2, -0.15) is 0 Å². The lowest BCUT2D eigenvalue weighted by molar-refractivity contribution is 0.0529. The van der Waals surface area contributed by atoms with Gasteiger partial charge in [0.15, 0.2) is 0 Å². The minimum atomic E-state index is -0.568. The van der Waals surface area contributed by atoms with Gasteiger partial charge in [-0.3, -0.25) is 14.0 Å². The number of carbonyl (C=O) groups excluding carboxylic acids is 2. The summed E-state index contributed by atoms with van der Waals surface area (Å²) >= 11 is 7.07. The maximum absolute atomic E-state index is 13.2. The number of thiazole rings is 1. The predicted octanol–water partition coefficient (Wildman–Crippen LogP) is 3.97. The molecule has 0 spiro atoms. The quantitative estimate of drug-likeness (QED) is 0.350. The Kier molecular flexibility index (Phi) is 5.53. The maximum atomic E-state index is 13.2. The van der Waals surface area contributed by atoms with Gasteiger partial charge in [0.1, 0.15) is 4.83 Å². The topological polar surface area (TPSA) is 64.8 Å². The molecular formula is C23H16ClNO4S. The van der Waals surface area contributed by atoms with Crippen molar-refractivity contribution in [2.75, 3.05) is 6.61 Å². The number of rotatable bonds is 5. The number of benzene rings is 2. The molecule has 0 aliphatic carbocycles. The fourth-order valence-corrected chi connectivity index (χ4v) is 4.35. The molecule has 5 nitrogen and oxygen atoms in total. The molecule has 4 aromatic rings. The van der Waals surface area contributed by atoms with Gasteiger partial charge in [0.25, 0.3) is 5.56 Å². The largest absolute Gasteiger partial charge is 0.462 e. The van der Waals surface area contributed by atoms with Gasteiger partial charge in [-0.05, 0) is 36.8 Å². The molecule has 0 N–H and O–H groups in total. The lowest BCUT2D eigenvalue weighted by atomic mass is 10.1. The predicted molar refractivity (Wildman–Crippen MR) is 118 cm³/mol. The molecule has 0 bridgehead atoms. The zero-order chi connectivity index (χ0) is 21.3. The van der Waals surface area contributed by atoms with Crippen molar-refractivity contribution in [3.63, 3.8) is 0 Å². The van der Waals surface area contributed by atoms with Crippen LogP contribution in [0.25, 0.3) is 10.9 Å². The van der Waals surface area contributed by atoms with E-state index < -0.39 is 5.97 Å². The number of hydrogen-bond donors (Lipinski definition) is 0. The van der Waals surface area contributed by atoms with Crippen molar-refractivity contribution < 1.29 is 14.3 Å². The van der Waals surface area contributed by atoms with Gasteiger partial charge in [-0.25, -0.2) is 4.79 Å². The van der Waals surface area contributed by atoms with Gasteiger partial charge in [0, 0.05) is 10.6 Å². The van der Waals surface area contributed by atoms with Gasteiger partial charge < -0.3 is 4.74 Å². The van der Waals surface area contributed by atoms with Crippen LogP contribution in [0.5, 0.6) is 0 Å². The molecule has 0 atom stereocenters. The molecule has 0 fully saturated rings. The van der Waals surface area contributed by atoms with E-state index in [1.54, 1.807) is 67.6 Å². The number of ether oxygens (including phenoxy) is 1. The Morgan fingerprint density at radius 2 is 1.80 bits per heavy atom. The first-order valence-corrected chi connectivity index (χ1v) is 10.4. The number of esters is 1. The van der Waals surface area contributed by atoms with E-state index in [9.17, 15) is 14.4 Å². The molecule has 0 aliphatic heterocycles. The highest BCUT2D eigenvalue weighted by Gasteiger charge is 2.24. The Hall–Kier alpha value is -3.22. The summed E-state index contributed by atoms with van der Waals surface area (Å²) in [5.41, 5.74) is 1.20. The monoisotopic (exact) mass is 437 g/mol. The third-order valence-corrected chi connectivity index (χ3v) is 5.87. The van der Waals surface area contributed by atoms with Gasteiger partial charge in [-0.15, -0.1) is 11.3 Å². The van der Waals surface area contributed by atoms with Crippen LogP contribution in [0.15, 0.2) is 65.5 Å². The smallest absolute Gasteiger partial charge is 0.341 e. The lowest BCUT2D eigenvalue weighted by Gasteiger charge is -1.99. The molecule has 7 heteroatoms. The highest BCUT2D eigenvalue weighted by molar-refractivity contribution is 7.15. The number of hydrogen-bond acceptors (Lipinski definition) is 5. The summed E-state index contributed by atoms with van der Waals surface area (Å²) in [6.07, 6.45) is 1.71. The molecule has 0 saturated carbocycles.